The highest BCUT2D eigenvalue weighted by Gasteiger charge is 2.45. The Morgan fingerprint density at radius 3 is 2.31 bits per heavy atom. The van der Waals surface area contributed by atoms with Gasteiger partial charge in [-0.15, -0.1) is 11.8 Å². The number of carboxylic acids is 2. The van der Waals surface area contributed by atoms with Crippen LogP contribution >= 0.6 is 23.5 Å². The summed E-state index contributed by atoms with van der Waals surface area (Å²) >= 11 is 3.57. The maximum atomic E-state index is 12.7. The topological polar surface area (TPSA) is 161 Å². The van der Waals surface area contributed by atoms with Gasteiger partial charge in [0, 0.05) is 92.7 Å². The minimum absolute atomic E-state index is 0.0101. The Bertz CT molecular complexity index is 1590. The van der Waals surface area contributed by atoms with E-state index in [1.54, 1.807) is 11.8 Å². The summed E-state index contributed by atoms with van der Waals surface area (Å²) < 4.78 is 0. The second-order valence-electron chi connectivity index (χ2n) is 12.8. The van der Waals surface area contributed by atoms with Crippen molar-refractivity contribution in [1.29, 1.82) is 0 Å². The molecule has 45 heavy (non-hydrogen) atoms. The molecular formula is C33H40N4O6S2. The molecule has 5 aliphatic rings. The molecule has 6 heterocycles. The summed E-state index contributed by atoms with van der Waals surface area (Å²) in [6, 6.07) is -0.122. The van der Waals surface area contributed by atoms with Crippen molar-refractivity contribution >= 4 is 59.4 Å². The van der Waals surface area contributed by atoms with Crippen molar-refractivity contribution in [3.05, 3.63) is 55.5 Å². The standard InChI is InChI=1S/C33H40N4O6S2/c1-14-18(5-7-28(38)39)23(34-20(14)9-22-16(3)31(27-13-45-27)33(43)36-22)11-24-19(6-8-29(40)41)15(2)21(35-24)10-25-30(26-12-44-26)17(4)32(42)37-25/h10-11,16-17,20,22,26,30,34-35H,5-9,12-13H2,1-4H3,(H,36,43)(H,37,42)(H,38,39)(H,40,41)/b23-11-,25-10-,31-27+/t16?,17-,20?,22-,26+,30-/m1/s1. The lowest BCUT2D eigenvalue weighted by molar-refractivity contribution is -0.138. The number of H-pyrrole nitrogens is 1. The SMILES string of the molecule is CC1=C(CCC(=O)O)/C(=C/c2[nH]c(/C=C3\NC(=O)[C@H](C)[C@H]3[C@@H]3CS3)c(C)c2CCC(=O)O)NC1C[C@H]1NC(=O)/C(=C2\CS2)C1C. The van der Waals surface area contributed by atoms with Crippen molar-refractivity contribution in [2.75, 3.05) is 11.5 Å². The first-order valence-electron chi connectivity index (χ1n) is 15.6. The minimum atomic E-state index is -0.889. The zero-order chi connectivity index (χ0) is 32.2. The molecule has 4 saturated heterocycles. The van der Waals surface area contributed by atoms with Crippen LogP contribution in [-0.4, -0.2) is 67.8 Å². The zero-order valence-corrected chi connectivity index (χ0v) is 27.5. The van der Waals surface area contributed by atoms with Crippen LogP contribution in [0.5, 0.6) is 0 Å². The van der Waals surface area contributed by atoms with Gasteiger partial charge in [-0.05, 0) is 67.5 Å². The Balaban J connectivity index is 1.33. The molecule has 6 rings (SSSR count). The molecule has 2 unspecified atom stereocenters. The number of nitrogens with one attached hydrogen (secondary N) is 4. The second-order valence-corrected chi connectivity index (χ2v) is 15.1. The van der Waals surface area contributed by atoms with E-state index in [2.05, 4.69) is 27.9 Å². The first-order chi connectivity index (χ1) is 21.4. The van der Waals surface area contributed by atoms with Crippen LogP contribution in [0.1, 0.15) is 69.0 Å². The fourth-order valence-electron chi connectivity index (χ4n) is 7.09. The number of aromatic amines is 1. The van der Waals surface area contributed by atoms with E-state index < -0.39 is 11.9 Å². The van der Waals surface area contributed by atoms with E-state index >= 15 is 0 Å². The van der Waals surface area contributed by atoms with Crippen molar-refractivity contribution in [3.63, 3.8) is 0 Å². The quantitative estimate of drug-likeness (QED) is 0.152. The third kappa shape index (κ3) is 6.49. The number of carbonyl (C=O) groups is 4. The molecule has 5 aliphatic heterocycles. The van der Waals surface area contributed by atoms with Gasteiger partial charge in [-0.3, -0.25) is 19.2 Å². The number of allylic oxidation sites excluding steroid dienone is 2. The summed E-state index contributed by atoms with van der Waals surface area (Å²) in [5.74, 6) is 0.315. The summed E-state index contributed by atoms with van der Waals surface area (Å²) in [7, 11) is 0. The molecule has 0 aromatic carbocycles. The van der Waals surface area contributed by atoms with Gasteiger partial charge in [-0.2, -0.15) is 11.8 Å². The number of carboxylic acid groups (broad SMARTS) is 2. The third-order valence-electron chi connectivity index (χ3n) is 9.91. The summed E-state index contributed by atoms with van der Waals surface area (Å²) in [5, 5.41) is 29.3. The number of hydrogen-bond donors (Lipinski definition) is 6. The van der Waals surface area contributed by atoms with Crippen LogP contribution < -0.4 is 16.0 Å². The average molecular weight is 653 g/mol. The molecule has 0 radical (unpaired) electrons. The normalized spacial score (nSPS) is 32.4. The van der Waals surface area contributed by atoms with Crippen molar-refractivity contribution in [3.8, 4) is 0 Å². The van der Waals surface area contributed by atoms with Crippen LogP contribution in [0.4, 0.5) is 0 Å². The van der Waals surface area contributed by atoms with Gasteiger partial charge in [-0.1, -0.05) is 13.8 Å². The number of thioether (sulfide) groups is 2. The molecule has 2 amide bonds. The van der Waals surface area contributed by atoms with Crippen molar-refractivity contribution in [2.24, 2.45) is 17.8 Å². The monoisotopic (exact) mass is 652 g/mol. The van der Waals surface area contributed by atoms with E-state index in [0.29, 0.717) is 24.5 Å². The summed E-state index contributed by atoms with van der Waals surface area (Å²) in [6.07, 6.45) is 5.25. The highest BCUT2D eigenvalue weighted by atomic mass is 32.2. The van der Waals surface area contributed by atoms with Crippen LogP contribution in [0.2, 0.25) is 0 Å². The number of hydrogen-bond acceptors (Lipinski definition) is 7. The molecule has 4 fully saturated rings. The number of rotatable bonds is 11. The number of carbonyl (C=O) groups excluding carboxylic acids is 2. The maximum absolute atomic E-state index is 12.7. The van der Waals surface area contributed by atoms with Gasteiger partial charge >= 0.3 is 11.9 Å². The third-order valence-corrected chi connectivity index (χ3v) is 11.7. The molecule has 240 valence electrons. The van der Waals surface area contributed by atoms with E-state index in [0.717, 1.165) is 62.1 Å². The average Bonchev–Trinajstić information content (AvgIpc) is 3.89. The summed E-state index contributed by atoms with van der Waals surface area (Å²) in [5.41, 5.74) is 7.96. The minimum Gasteiger partial charge on any atom is -0.481 e. The van der Waals surface area contributed by atoms with E-state index in [9.17, 15) is 29.4 Å². The van der Waals surface area contributed by atoms with Gasteiger partial charge < -0.3 is 31.1 Å². The fraction of sp³-hybridized carbons (Fsp3) is 0.515. The Labute approximate surface area is 271 Å². The predicted octanol–water partition coefficient (Wildman–Crippen LogP) is 4.20. The van der Waals surface area contributed by atoms with Crippen molar-refractivity contribution < 1.29 is 29.4 Å². The molecule has 0 spiro atoms. The summed E-state index contributed by atoms with van der Waals surface area (Å²) in [6.45, 7) is 8.04. The lowest BCUT2D eigenvalue weighted by Crippen LogP contribution is -2.36. The Hall–Kier alpha value is -3.38. The van der Waals surface area contributed by atoms with Crippen LogP contribution in [0.3, 0.4) is 0 Å². The number of aliphatic carboxylic acids is 2. The van der Waals surface area contributed by atoms with Gasteiger partial charge in [0.05, 0.1) is 0 Å². The molecule has 0 aliphatic carbocycles. The molecule has 0 saturated carbocycles. The number of amides is 2. The Morgan fingerprint density at radius 2 is 1.67 bits per heavy atom. The Morgan fingerprint density at radius 1 is 0.978 bits per heavy atom. The van der Waals surface area contributed by atoms with E-state index in [1.807, 2.05) is 44.7 Å². The van der Waals surface area contributed by atoms with E-state index in [1.165, 1.54) is 4.91 Å². The molecule has 10 nitrogen and oxygen atoms in total. The smallest absolute Gasteiger partial charge is 0.303 e. The highest BCUT2D eigenvalue weighted by molar-refractivity contribution is 8.11. The van der Waals surface area contributed by atoms with E-state index in [-0.39, 0.29) is 54.5 Å². The van der Waals surface area contributed by atoms with Crippen molar-refractivity contribution in [2.45, 2.75) is 77.1 Å². The first-order valence-corrected chi connectivity index (χ1v) is 17.6. The lowest BCUT2D eigenvalue weighted by Gasteiger charge is -2.21. The summed E-state index contributed by atoms with van der Waals surface area (Å²) in [4.78, 5) is 53.2. The molecular weight excluding hydrogens is 613 g/mol. The second kappa shape index (κ2) is 12.4. The maximum Gasteiger partial charge on any atom is 0.303 e. The Kier molecular flexibility index (Phi) is 8.73. The van der Waals surface area contributed by atoms with Crippen LogP contribution in [0.15, 0.2) is 33.0 Å². The van der Waals surface area contributed by atoms with Crippen molar-refractivity contribution in [1.82, 2.24) is 20.9 Å². The fourth-order valence-corrected chi connectivity index (χ4v) is 8.66. The van der Waals surface area contributed by atoms with Crippen LogP contribution in [0, 0.1) is 24.7 Å². The zero-order valence-electron chi connectivity index (χ0n) is 25.9. The van der Waals surface area contributed by atoms with Gasteiger partial charge in [0.1, 0.15) is 0 Å². The first kappa shape index (κ1) is 31.6. The van der Waals surface area contributed by atoms with E-state index in [4.69, 9.17) is 0 Å². The van der Waals surface area contributed by atoms with Gasteiger partial charge in [-0.25, -0.2) is 0 Å². The molecule has 12 heteroatoms. The largest absolute Gasteiger partial charge is 0.481 e. The molecule has 0 bridgehead atoms. The molecule has 6 atom stereocenters. The lowest BCUT2D eigenvalue weighted by atomic mass is 9.90. The van der Waals surface area contributed by atoms with Gasteiger partial charge in [0.15, 0.2) is 0 Å². The van der Waals surface area contributed by atoms with Crippen LogP contribution in [-0.2, 0) is 25.6 Å². The number of aromatic nitrogens is 1. The highest BCUT2D eigenvalue weighted by Crippen LogP contribution is 2.46. The molecule has 6 N–H and O–H groups in total. The molecule has 1 aromatic rings. The predicted molar refractivity (Wildman–Crippen MR) is 176 cm³/mol. The van der Waals surface area contributed by atoms with Gasteiger partial charge in [0.25, 0.3) is 0 Å². The van der Waals surface area contributed by atoms with Crippen LogP contribution in [0.25, 0.3) is 12.2 Å². The van der Waals surface area contributed by atoms with Gasteiger partial charge in [0.2, 0.25) is 11.8 Å². The molecule has 1 aromatic heterocycles.